The fraction of sp³-hybridized carbons (Fsp3) is 1.00. The predicted molar refractivity (Wildman–Crippen MR) is 80.0 cm³/mol. The second-order valence-corrected chi connectivity index (χ2v) is 6.67. The number of rotatable bonds is 7. The summed E-state index contributed by atoms with van der Waals surface area (Å²) in [4.78, 5) is 4.98. The molecule has 1 aliphatic heterocycles. The van der Waals surface area contributed by atoms with Crippen molar-refractivity contribution in [2.24, 2.45) is 11.8 Å². The van der Waals surface area contributed by atoms with E-state index in [2.05, 4.69) is 50.0 Å². The predicted octanol–water partition coefficient (Wildman–Crippen LogP) is 1.89. The highest BCUT2D eigenvalue weighted by molar-refractivity contribution is 4.75. The molecule has 0 aromatic rings. The molecule has 3 heteroatoms. The van der Waals surface area contributed by atoms with Gasteiger partial charge in [0.25, 0.3) is 0 Å². The van der Waals surface area contributed by atoms with Crippen LogP contribution in [0.25, 0.3) is 0 Å². The van der Waals surface area contributed by atoms with Crippen molar-refractivity contribution in [3.05, 3.63) is 0 Å². The monoisotopic (exact) mass is 255 g/mol. The summed E-state index contributed by atoms with van der Waals surface area (Å²) in [7, 11) is 4.37. The molecule has 18 heavy (non-hydrogen) atoms. The molecule has 0 aliphatic carbocycles. The summed E-state index contributed by atoms with van der Waals surface area (Å²) in [6, 6.07) is 0.610. The third-order valence-electron chi connectivity index (χ3n) is 3.77. The van der Waals surface area contributed by atoms with E-state index in [0.717, 1.165) is 18.4 Å². The van der Waals surface area contributed by atoms with E-state index >= 15 is 0 Å². The molecule has 0 saturated carbocycles. The first-order valence-corrected chi connectivity index (χ1v) is 7.57. The molecule has 3 nitrogen and oxygen atoms in total. The third-order valence-corrected chi connectivity index (χ3v) is 3.77. The van der Waals surface area contributed by atoms with Crippen molar-refractivity contribution in [3.8, 4) is 0 Å². The fourth-order valence-corrected chi connectivity index (χ4v) is 2.81. The first kappa shape index (κ1) is 15.9. The van der Waals surface area contributed by atoms with Gasteiger partial charge in [-0.15, -0.1) is 0 Å². The van der Waals surface area contributed by atoms with Crippen LogP contribution in [0, 0.1) is 11.8 Å². The molecule has 1 fully saturated rings. The van der Waals surface area contributed by atoms with Crippen LogP contribution in [-0.4, -0.2) is 62.7 Å². The standard InChI is InChI=1S/C15H33N3/c1-13(2)16-10-14(3)11-18-8-6-15(7-9-18)12-17(4)5/h13-16H,6-12H2,1-5H3. The van der Waals surface area contributed by atoms with Gasteiger partial charge in [-0.05, 0) is 58.4 Å². The lowest BCUT2D eigenvalue weighted by Crippen LogP contribution is -2.41. The molecular weight excluding hydrogens is 222 g/mol. The maximum absolute atomic E-state index is 3.54. The van der Waals surface area contributed by atoms with E-state index in [1.807, 2.05) is 0 Å². The first-order chi connectivity index (χ1) is 8.47. The van der Waals surface area contributed by atoms with Crippen LogP contribution in [0.15, 0.2) is 0 Å². The highest BCUT2D eigenvalue weighted by Gasteiger charge is 2.20. The lowest BCUT2D eigenvalue weighted by atomic mass is 9.95. The molecule has 0 radical (unpaired) electrons. The highest BCUT2D eigenvalue weighted by Crippen LogP contribution is 2.18. The number of hydrogen-bond acceptors (Lipinski definition) is 3. The van der Waals surface area contributed by atoms with Gasteiger partial charge in [-0.1, -0.05) is 20.8 Å². The Bertz CT molecular complexity index is 208. The Kier molecular flexibility index (Phi) is 7.20. The van der Waals surface area contributed by atoms with Crippen LogP contribution in [0.4, 0.5) is 0 Å². The van der Waals surface area contributed by atoms with Gasteiger partial charge < -0.3 is 15.1 Å². The van der Waals surface area contributed by atoms with Gasteiger partial charge >= 0.3 is 0 Å². The van der Waals surface area contributed by atoms with Crippen LogP contribution in [-0.2, 0) is 0 Å². The molecular formula is C15H33N3. The maximum Gasteiger partial charge on any atom is 0.00191 e. The zero-order chi connectivity index (χ0) is 13.5. The number of nitrogens with one attached hydrogen (secondary N) is 1. The molecule has 0 aromatic carbocycles. The smallest absolute Gasteiger partial charge is 0.00191 e. The number of piperidine rings is 1. The number of hydrogen-bond donors (Lipinski definition) is 1. The Hall–Kier alpha value is -0.120. The minimum atomic E-state index is 0.610. The highest BCUT2D eigenvalue weighted by atomic mass is 15.1. The summed E-state index contributed by atoms with van der Waals surface area (Å²) >= 11 is 0. The topological polar surface area (TPSA) is 18.5 Å². The zero-order valence-electron chi connectivity index (χ0n) is 13.1. The van der Waals surface area contributed by atoms with Gasteiger partial charge in [0.05, 0.1) is 0 Å². The average Bonchev–Trinajstić information content (AvgIpc) is 2.28. The third kappa shape index (κ3) is 6.72. The van der Waals surface area contributed by atoms with Crippen molar-refractivity contribution in [1.82, 2.24) is 15.1 Å². The van der Waals surface area contributed by atoms with Crippen LogP contribution < -0.4 is 5.32 Å². The van der Waals surface area contributed by atoms with Crippen LogP contribution in [0.5, 0.6) is 0 Å². The van der Waals surface area contributed by atoms with Crippen molar-refractivity contribution in [1.29, 1.82) is 0 Å². The second kappa shape index (κ2) is 8.13. The minimum Gasteiger partial charge on any atom is -0.314 e. The quantitative estimate of drug-likeness (QED) is 0.749. The lowest BCUT2D eigenvalue weighted by Gasteiger charge is -2.34. The summed E-state index contributed by atoms with van der Waals surface area (Å²) in [5.41, 5.74) is 0. The van der Waals surface area contributed by atoms with E-state index in [0.29, 0.717) is 6.04 Å². The van der Waals surface area contributed by atoms with Gasteiger partial charge in [-0.3, -0.25) is 0 Å². The van der Waals surface area contributed by atoms with Crippen LogP contribution >= 0.6 is 0 Å². The van der Waals surface area contributed by atoms with E-state index < -0.39 is 0 Å². The van der Waals surface area contributed by atoms with E-state index in [1.165, 1.54) is 39.0 Å². The maximum atomic E-state index is 3.54. The second-order valence-electron chi connectivity index (χ2n) is 6.67. The molecule has 1 unspecified atom stereocenters. The van der Waals surface area contributed by atoms with E-state index in [1.54, 1.807) is 0 Å². The van der Waals surface area contributed by atoms with E-state index in [4.69, 9.17) is 0 Å². The largest absolute Gasteiger partial charge is 0.314 e. The van der Waals surface area contributed by atoms with Gasteiger partial charge in [0.1, 0.15) is 0 Å². The summed E-state index contributed by atoms with van der Waals surface area (Å²) < 4.78 is 0. The van der Waals surface area contributed by atoms with Gasteiger partial charge in [0.2, 0.25) is 0 Å². The molecule has 1 rings (SSSR count). The summed E-state index contributed by atoms with van der Waals surface area (Å²) in [5.74, 6) is 1.68. The summed E-state index contributed by atoms with van der Waals surface area (Å²) in [5, 5.41) is 3.54. The number of nitrogens with zero attached hydrogens (tertiary/aromatic N) is 2. The van der Waals surface area contributed by atoms with Crippen LogP contribution in [0.3, 0.4) is 0 Å². The normalized spacial score (nSPS) is 20.8. The van der Waals surface area contributed by atoms with Crippen molar-refractivity contribution in [3.63, 3.8) is 0 Å². The first-order valence-electron chi connectivity index (χ1n) is 7.57. The molecule has 1 N–H and O–H groups in total. The van der Waals surface area contributed by atoms with Gasteiger partial charge in [-0.2, -0.15) is 0 Å². The molecule has 1 atom stereocenters. The molecule has 108 valence electrons. The van der Waals surface area contributed by atoms with E-state index in [-0.39, 0.29) is 0 Å². The molecule has 1 heterocycles. The van der Waals surface area contributed by atoms with Gasteiger partial charge in [-0.25, -0.2) is 0 Å². The Morgan fingerprint density at radius 1 is 1.17 bits per heavy atom. The Morgan fingerprint density at radius 3 is 2.28 bits per heavy atom. The van der Waals surface area contributed by atoms with Crippen LogP contribution in [0.2, 0.25) is 0 Å². The van der Waals surface area contributed by atoms with Crippen molar-refractivity contribution in [2.75, 3.05) is 46.8 Å². The summed E-state index contributed by atoms with van der Waals surface area (Å²) in [6.45, 7) is 13.1. The molecule has 1 aliphatic rings. The number of likely N-dealkylation sites (tertiary alicyclic amines) is 1. The van der Waals surface area contributed by atoms with E-state index in [9.17, 15) is 0 Å². The molecule has 0 aromatic heterocycles. The van der Waals surface area contributed by atoms with Crippen molar-refractivity contribution in [2.45, 2.75) is 39.7 Å². The Balaban J connectivity index is 2.14. The zero-order valence-corrected chi connectivity index (χ0v) is 13.1. The molecule has 0 bridgehead atoms. The lowest BCUT2D eigenvalue weighted by molar-refractivity contribution is 0.146. The fourth-order valence-electron chi connectivity index (χ4n) is 2.81. The van der Waals surface area contributed by atoms with Crippen LogP contribution in [0.1, 0.15) is 33.6 Å². The SMILES string of the molecule is CC(CNC(C)C)CN1CCC(CN(C)C)CC1. The minimum absolute atomic E-state index is 0.610. The van der Waals surface area contributed by atoms with Gasteiger partial charge in [0, 0.05) is 19.1 Å². The Morgan fingerprint density at radius 2 is 1.78 bits per heavy atom. The van der Waals surface area contributed by atoms with Gasteiger partial charge in [0.15, 0.2) is 0 Å². The van der Waals surface area contributed by atoms with Crippen molar-refractivity contribution >= 4 is 0 Å². The summed E-state index contributed by atoms with van der Waals surface area (Å²) in [6.07, 6.45) is 2.75. The average molecular weight is 255 g/mol. The molecule has 1 saturated heterocycles. The Labute approximate surface area is 114 Å². The molecule has 0 spiro atoms. The molecule has 0 amide bonds. The van der Waals surface area contributed by atoms with Crippen molar-refractivity contribution < 1.29 is 0 Å².